The zero-order valence-corrected chi connectivity index (χ0v) is 16.1. The van der Waals surface area contributed by atoms with Crippen molar-refractivity contribution in [1.29, 1.82) is 0 Å². The van der Waals surface area contributed by atoms with Crippen LogP contribution in [0.25, 0.3) is 5.82 Å². The van der Waals surface area contributed by atoms with Gasteiger partial charge in [-0.1, -0.05) is 35.5 Å². The van der Waals surface area contributed by atoms with Crippen LogP contribution in [0.1, 0.15) is 33.1 Å². The van der Waals surface area contributed by atoms with E-state index in [4.69, 9.17) is 10.3 Å². The monoisotopic (exact) mass is 366 g/mol. The van der Waals surface area contributed by atoms with Crippen LogP contribution in [0.5, 0.6) is 0 Å². The van der Waals surface area contributed by atoms with Crippen LogP contribution < -0.4 is 5.73 Å². The van der Waals surface area contributed by atoms with Crippen LogP contribution in [0.2, 0.25) is 0 Å². The van der Waals surface area contributed by atoms with Gasteiger partial charge in [-0.3, -0.25) is 9.36 Å². The summed E-state index contributed by atoms with van der Waals surface area (Å²) in [5.74, 6) is 1.42. The molecular weight excluding hydrogens is 340 g/mol. The average Bonchev–Trinajstić information content (AvgIpc) is 3.21. The van der Waals surface area contributed by atoms with E-state index < -0.39 is 0 Å². The molecule has 1 amide bonds. The summed E-state index contributed by atoms with van der Waals surface area (Å²) in [5, 5.41) is 4.08. The fraction of sp³-hybridized carbons (Fsp3) is 0.333. The molecule has 2 N–H and O–H groups in total. The smallest absolute Gasteiger partial charge is 0.255 e. The number of rotatable bonds is 7. The van der Waals surface area contributed by atoms with Gasteiger partial charge in [0, 0.05) is 37.1 Å². The van der Waals surface area contributed by atoms with E-state index in [2.05, 4.69) is 17.3 Å². The third-order valence-corrected chi connectivity index (χ3v) is 4.71. The van der Waals surface area contributed by atoms with Crippen molar-refractivity contribution in [2.45, 2.75) is 27.2 Å². The average molecular weight is 366 g/mol. The number of amides is 1. The molecule has 0 aliphatic carbocycles. The van der Waals surface area contributed by atoms with Crippen molar-refractivity contribution in [3.8, 4) is 5.82 Å². The molecule has 1 aromatic carbocycles. The number of nitrogens with zero attached hydrogens (tertiary/aromatic N) is 3. The molecule has 0 saturated carbocycles. The first kappa shape index (κ1) is 18.9. The number of aromatic nitrogens is 2. The van der Waals surface area contributed by atoms with E-state index >= 15 is 0 Å². The number of carbonyl (C=O) groups is 1. The third-order valence-electron chi connectivity index (χ3n) is 4.71. The van der Waals surface area contributed by atoms with Gasteiger partial charge in [-0.25, -0.2) is 0 Å². The molecule has 6 nitrogen and oxygen atoms in total. The summed E-state index contributed by atoms with van der Waals surface area (Å²) in [6, 6.07) is 13.9. The normalized spacial score (nSPS) is 11.0. The highest BCUT2D eigenvalue weighted by Crippen LogP contribution is 2.22. The van der Waals surface area contributed by atoms with E-state index in [9.17, 15) is 4.79 Å². The van der Waals surface area contributed by atoms with Crippen LogP contribution in [0, 0.1) is 20.8 Å². The Labute approximate surface area is 159 Å². The van der Waals surface area contributed by atoms with Crippen LogP contribution in [0.4, 0.5) is 0 Å². The first-order valence-electron chi connectivity index (χ1n) is 9.17. The van der Waals surface area contributed by atoms with Crippen LogP contribution in [-0.4, -0.2) is 40.2 Å². The SMILES string of the molecule is Cc1cc(-n2c(C)cc(C(=O)N(CCN)CCc3ccccc3)c2C)no1. The van der Waals surface area contributed by atoms with E-state index in [0.29, 0.717) is 31.0 Å². The lowest BCUT2D eigenvalue weighted by molar-refractivity contribution is 0.0761. The molecule has 0 aliphatic rings. The highest BCUT2D eigenvalue weighted by molar-refractivity contribution is 5.96. The number of nitrogens with two attached hydrogens (primary N) is 1. The van der Waals surface area contributed by atoms with Crippen LogP contribution >= 0.6 is 0 Å². The minimum atomic E-state index is -0.00375. The minimum Gasteiger partial charge on any atom is -0.360 e. The first-order valence-corrected chi connectivity index (χ1v) is 9.17. The lowest BCUT2D eigenvalue weighted by Gasteiger charge is -2.22. The second kappa shape index (κ2) is 8.22. The molecule has 0 aliphatic heterocycles. The Kier molecular flexibility index (Phi) is 5.76. The van der Waals surface area contributed by atoms with Crippen molar-refractivity contribution in [1.82, 2.24) is 14.6 Å². The summed E-state index contributed by atoms with van der Waals surface area (Å²) in [6.45, 7) is 7.34. The van der Waals surface area contributed by atoms with Crippen molar-refractivity contribution in [2.24, 2.45) is 5.73 Å². The third kappa shape index (κ3) is 4.11. The number of benzene rings is 1. The molecule has 3 rings (SSSR count). The molecule has 142 valence electrons. The highest BCUT2D eigenvalue weighted by atomic mass is 16.5. The lowest BCUT2D eigenvalue weighted by Crippen LogP contribution is -2.37. The van der Waals surface area contributed by atoms with Crippen molar-refractivity contribution >= 4 is 5.91 Å². The molecule has 0 fully saturated rings. The van der Waals surface area contributed by atoms with Crippen LogP contribution in [0.15, 0.2) is 47.0 Å². The molecule has 2 heterocycles. The van der Waals surface area contributed by atoms with Crippen molar-refractivity contribution < 1.29 is 9.32 Å². The fourth-order valence-electron chi connectivity index (χ4n) is 3.34. The molecule has 0 spiro atoms. The number of aryl methyl sites for hydroxylation is 2. The van der Waals surface area contributed by atoms with Gasteiger partial charge in [0.15, 0.2) is 5.82 Å². The maximum atomic E-state index is 13.2. The molecule has 3 aromatic rings. The van der Waals surface area contributed by atoms with Crippen molar-refractivity contribution in [2.75, 3.05) is 19.6 Å². The number of carbonyl (C=O) groups excluding carboxylic acids is 1. The summed E-state index contributed by atoms with van der Waals surface area (Å²) in [6.07, 6.45) is 0.799. The van der Waals surface area contributed by atoms with Crippen molar-refractivity contribution in [3.05, 3.63) is 70.7 Å². The highest BCUT2D eigenvalue weighted by Gasteiger charge is 2.22. The van der Waals surface area contributed by atoms with Crippen molar-refractivity contribution in [3.63, 3.8) is 0 Å². The zero-order chi connectivity index (χ0) is 19.4. The van der Waals surface area contributed by atoms with E-state index in [-0.39, 0.29) is 5.91 Å². The molecule has 27 heavy (non-hydrogen) atoms. The zero-order valence-electron chi connectivity index (χ0n) is 16.1. The molecule has 0 saturated heterocycles. The van der Waals surface area contributed by atoms with E-state index in [1.807, 2.05) is 60.6 Å². The maximum absolute atomic E-state index is 13.2. The van der Waals surface area contributed by atoms with Gasteiger partial charge in [-0.2, -0.15) is 0 Å². The summed E-state index contributed by atoms with van der Waals surface area (Å²) < 4.78 is 7.14. The summed E-state index contributed by atoms with van der Waals surface area (Å²) in [5.41, 5.74) is 9.44. The second-order valence-corrected chi connectivity index (χ2v) is 6.73. The molecule has 6 heteroatoms. The summed E-state index contributed by atoms with van der Waals surface area (Å²) in [4.78, 5) is 15.0. The van der Waals surface area contributed by atoms with Gasteiger partial charge >= 0.3 is 0 Å². The Balaban J connectivity index is 1.83. The second-order valence-electron chi connectivity index (χ2n) is 6.73. The molecule has 0 bridgehead atoms. The predicted octanol–water partition coefficient (Wildman–Crippen LogP) is 3.03. The van der Waals surface area contributed by atoms with E-state index in [1.54, 1.807) is 0 Å². The molecular formula is C21H26N4O2. The summed E-state index contributed by atoms with van der Waals surface area (Å²) in [7, 11) is 0. The number of hydrogen-bond acceptors (Lipinski definition) is 4. The molecule has 0 unspecified atom stereocenters. The topological polar surface area (TPSA) is 77.3 Å². The van der Waals surface area contributed by atoms with Gasteiger partial charge in [0.05, 0.1) is 5.56 Å². The Hall–Kier alpha value is -2.86. The van der Waals surface area contributed by atoms with Gasteiger partial charge in [-0.15, -0.1) is 0 Å². The van der Waals surface area contributed by atoms with Gasteiger partial charge in [0.2, 0.25) is 0 Å². The fourth-order valence-corrected chi connectivity index (χ4v) is 3.34. The summed E-state index contributed by atoms with van der Waals surface area (Å²) >= 11 is 0. The van der Waals surface area contributed by atoms with Gasteiger partial charge < -0.3 is 15.2 Å². The molecule has 0 radical (unpaired) electrons. The van der Waals surface area contributed by atoms with E-state index in [1.165, 1.54) is 5.56 Å². The lowest BCUT2D eigenvalue weighted by atomic mass is 10.1. The number of hydrogen-bond donors (Lipinski definition) is 1. The largest absolute Gasteiger partial charge is 0.360 e. The van der Waals surface area contributed by atoms with E-state index in [0.717, 1.165) is 23.6 Å². The first-order chi connectivity index (χ1) is 13.0. The van der Waals surface area contributed by atoms with Crippen LogP contribution in [-0.2, 0) is 6.42 Å². The Bertz CT molecular complexity index is 912. The Morgan fingerprint density at radius 2 is 1.89 bits per heavy atom. The van der Waals surface area contributed by atoms with Gasteiger partial charge in [0.25, 0.3) is 5.91 Å². The van der Waals surface area contributed by atoms with Gasteiger partial charge in [0.1, 0.15) is 5.76 Å². The quantitative estimate of drug-likeness (QED) is 0.697. The molecule has 0 atom stereocenters. The van der Waals surface area contributed by atoms with Gasteiger partial charge in [-0.05, 0) is 38.8 Å². The van der Waals surface area contributed by atoms with Crippen LogP contribution in [0.3, 0.4) is 0 Å². The Morgan fingerprint density at radius 1 is 1.15 bits per heavy atom. The standard InChI is InChI=1S/C21H26N4O2/c1-15-13-19(17(3)25(15)20-14-16(2)27-23-20)21(26)24(12-10-22)11-9-18-7-5-4-6-8-18/h4-8,13-14H,9-12,22H2,1-3H3. The Morgan fingerprint density at radius 3 is 2.52 bits per heavy atom. The predicted molar refractivity (Wildman–Crippen MR) is 105 cm³/mol. The maximum Gasteiger partial charge on any atom is 0.255 e. The minimum absolute atomic E-state index is 0.00375. The molecule has 2 aromatic heterocycles.